The Labute approximate surface area is 100 Å². The van der Waals surface area contributed by atoms with E-state index in [1.165, 1.54) is 6.92 Å². The topological polar surface area (TPSA) is 40.9 Å². The first-order valence-electron chi connectivity index (χ1n) is 5.33. The molecule has 0 spiro atoms. The molecule has 82 valence electrons. The minimum absolute atomic E-state index is 0.0290. The van der Waals surface area contributed by atoms with Gasteiger partial charge >= 0.3 is 0 Å². The molecule has 0 fully saturated rings. The Kier molecular flexibility index (Phi) is 3.02. The zero-order chi connectivity index (χ0) is 12.3. The quantitative estimate of drug-likeness (QED) is 0.729. The summed E-state index contributed by atoms with van der Waals surface area (Å²) in [6.07, 6.45) is 0. The molecule has 2 nitrogen and oxygen atoms in total. The highest BCUT2D eigenvalue weighted by Gasteiger charge is 2.06. The molecule has 0 radical (unpaired) electrons. The standard InChI is InChI=1S/C15H11NO/c1-11(17)12-6-4-7-13(9-12)15-8-3-2-5-14(15)10-16/h2-9H,1H3. The third-order valence-corrected chi connectivity index (χ3v) is 2.63. The van der Waals surface area contributed by atoms with Gasteiger partial charge in [-0.1, -0.05) is 36.4 Å². The van der Waals surface area contributed by atoms with Crippen molar-refractivity contribution in [3.05, 3.63) is 59.7 Å². The zero-order valence-electron chi connectivity index (χ0n) is 9.47. The Balaban J connectivity index is 2.57. The maximum atomic E-state index is 11.3. The maximum Gasteiger partial charge on any atom is 0.159 e. The summed E-state index contributed by atoms with van der Waals surface area (Å²) in [6, 6.07) is 16.9. The Morgan fingerprint density at radius 3 is 2.59 bits per heavy atom. The summed E-state index contributed by atoms with van der Waals surface area (Å²) < 4.78 is 0. The molecular formula is C15H11NO. The van der Waals surface area contributed by atoms with E-state index < -0.39 is 0 Å². The first-order valence-corrected chi connectivity index (χ1v) is 5.33. The molecule has 0 aliphatic carbocycles. The number of benzene rings is 2. The van der Waals surface area contributed by atoms with Gasteiger partial charge in [-0.25, -0.2) is 0 Å². The minimum Gasteiger partial charge on any atom is -0.295 e. The number of nitriles is 1. The van der Waals surface area contributed by atoms with Crippen molar-refractivity contribution >= 4 is 5.78 Å². The van der Waals surface area contributed by atoms with Gasteiger partial charge in [-0.2, -0.15) is 5.26 Å². The number of carbonyl (C=O) groups excluding carboxylic acids is 1. The van der Waals surface area contributed by atoms with Gasteiger partial charge < -0.3 is 0 Å². The fraction of sp³-hybridized carbons (Fsp3) is 0.0667. The summed E-state index contributed by atoms with van der Waals surface area (Å²) in [5.74, 6) is 0.0290. The van der Waals surface area contributed by atoms with Crippen molar-refractivity contribution in [1.82, 2.24) is 0 Å². The van der Waals surface area contributed by atoms with Crippen molar-refractivity contribution < 1.29 is 4.79 Å². The van der Waals surface area contributed by atoms with Crippen LogP contribution in [0.15, 0.2) is 48.5 Å². The molecular weight excluding hydrogens is 210 g/mol. The number of rotatable bonds is 2. The van der Waals surface area contributed by atoms with Gasteiger partial charge in [-0.05, 0) is 30.2 Å². The van der Waals surface area contributed by atoms with Gasteiger partial charge in [-0.15, -0.1) is 0 Å². The Bertz CT molecular complexity index is 608. The van der Waals surface area contributed by atoms with E-state index in [1.54, 1.807) is 12.1 Å². The van der Waals surface area contributed by atoms with Gasteiger partial charge in [0.25, 0.3) is 0 Å². The van der Waals surface area contributed by atoms with Crippen LogP contribution in [0.1, 0.15) is 22.8 Å². The molecule has 0 heterocycles. The monoisotopic (exact) mass is 221 g/mol. The normalized spacial score (nSPS) is 9.65. The van der Waals surface area contributed by atoms with Gasteiger partial charge in [0.05, 0.1) is 11.6 Å². The van der Waals surface area contributed by atoms with Gasteiger partial charge in [0.1, 0.15) is 0 Å². The number of Topliss-reactive ketones (excluding diaryl/α,β-unsaturated/α-hetero) is 1. The highest BCUT2D eigenvalue weighted by Crippen LogP contribution is 2.24. The van der Waals surface area contributed by atoms with E-state index in [-0.39, 0.29) is 5.78 Å². The number of ketones is 1. The van der Waals surface area contributed by atoms with Gasteiger partial charge in [0.15, 0.2) is 5.78 Å². The van der Waals surface area contributed by atoms with Crippen LogP contribution in [0.5, 0.6) is 0 Å². The predicted octanol–water partition coefficient (Wildman–Crippen LogP) is 3.43. The fourth-order valence-electron chi connectivity index (χ4n) is 1.74. The van der Waals surface area contributed by atoms with Gasteiger partial charge in [0.2, 0.25) is 0 Å². The van der Waals surface area contributed by atoms with E-state index in [9.17, 15) is 4.79 Å². The molecule has 0 saturated carbocycles. The number of hydrogen-bond acceptors (Lipinski definition) is 2. The van der Waals surface area contributed by atoms with Crippen molar-refractivity contribution in [2.24, 2.45) is 0 Å². The lowest BCUT2D eigenvalue weighted by Crippen LogP contribution is -1.92. The first kappa shape index (κ1) is 11.1. The van der Waals surface area contributed by atoms with E-state index in [0.717, 1.165) is 11.1 Å². The van der Waals surface area contributed by atoms with Crippen LogP contribution in [0.2, 0.25) is 0 Å². The third kappa shape index (κ3) is 2.24. The molecule has 0 bridgehead atoms. The van der Waals surface area contributed by atoms with E-state index in [4.69, 9.17) is 5.26 Å². The van der Waals surface area contributed by atoms with E-state index >= 15 is 0 Å². The van der Waals surface area contributed by atoms with Crippen molar-refractivity contribution in [3.8, 4) is 17.2 Å². The molecule has 2 heteroatoms. The second-order valence-corrected chi connectivity index (χ2v) is 3.79. The zero-order valence-corrected chi connectivity index (χ0v) is 9.47. The lowest BCUT2D eigenvalue weighted by Gasteiger charge is -2.05. The molecule has 0 aliphatic rings. The van der Waals surface area contributed by atoms with Crippen molar-refractivity contribution in [1.29, 1.82) is 5.26 Å². The van der Waals surface area contributed by atoms with Crippen LogP contribution in [-0.4, -0.2) is 5.78 Å². The van der Waals surface area contributed by atoms with Gasteiger partial charge in [-0.3, -0.25) is 4.79 Å². The van der Waals surface area contributed by atoms with Crippen LogP contribution in [0.4, 0.5) is 0 Å². The average Bonchev–Trinajstić information content (AvgIpc) is 2.39. The van der Waals surface area contributed by atoms with Crippen LogP contribution in [-0.2, 0) is 0 Å². The molecule has 0 aromatic heterocycles. The fourth-order valence-corrected chi connectivity index (χ4v) is 1.74. The second kappa shape index (κ2) is 4.63. The van der Waals surface area contributed by atoms with Crippen LogP contribution < -0.4 is 0 Å². The molecule has 0 atom stereocenters. The molecule has 2 rings (SSSR count). The van der Waals surface area contributed by atoms with Gasteiger partial charge in [0, 0.05) is 5.56 Å². The molecule has 0 unspecified atom stereocenters. The van der Waals surface area contributed by atoms with E-state index in [2.05, 4.69) is 6.07 Å². The Morgan fingerprint density at radius 1 is 1.12 bits per heavy atom. The van der Waals surface area contributed by atoms with Crippen LogP contribution in [0.3, 0.4) is 0 Å². The maximum absolute atomic E-state index is 11.3. The van der Waals surface area contributed by atoms with E-state index in [0.29, 0.717) is 11.1 Å². The third-order valence-electron chi connectivity index (χ3n) is 2.63. The number of nitrogens with zero attached hydrogens (tertiary/aromatic N) is 1. The summed E-state index contributed by atoms with van der Waals surface area (Å²) in [5.41, 5.74) is 3.04. The molecule has 17 heavy (non-hydrogen) atoms. The number of carbonyl (C=O) groups is 1. The minimum atomic E-state index is 0.0290. The Hall–Kier alpha value is -2.40. The largest absolute Gasteiger partial charge is 0.295 e. The average molecular weight is 221 g/mol. The summed E-state index contributed by atoms with van der Waals surface area (Å²) in [6.45, 7) is 1.54. The van der Waals surface area contributed by atoms with Crippen LogP contribution in [0.25, 0.3) is 11.1 Å². The predicted molar refractivity (Wildman–Crippen MR) is 66.6 cm³/mol. The SMILES string of the molecule is CC(=O)c1cccc(-c2ccccc2C#N)c1. The summed E-state index contributed by atoms with van der Waals surface area (Å²) in [5, 5.41) is 9.04. The Morgan fingerprint density at radius 2 is 1.88 bits per heavy atom. The van der Waals surface area contributed by atoms with Crippen LogP contribution in [0, 0.1) is 11.3 Å². The molecule has 2 aromatic carbocycles. The smallest absolute Gasteiger partial charge is 0.159 e. The van der Waals surface area contributed by atoms with Crippen molar-refractivity contribution in [2.75, 3.05) is 0 Å². The first-order chi connectivity index (χ1) is 8.22. The molecule has 2 aromatic rings. The lowest BCUT2D eigenvalue weighted by atomic mass is 9.98. The summed E-state index contributed by atoms with van der Waals surface area (Å²) >= 11 is 0. The van der Waals surface area contributed by atoms with E-state index in [1.807, 2.05) is 36.4 Å². The molecule has 0 amide bonds. The highest BCUT2D eigenvalue weighted by molar-refractivity contribution is 5.95. The van der Waals surface area contributed by atoms with Crippen LogP contribution >= 0.6 is 0 Å². The molecule has 0 saturated heterocycles. The summed E-state index contributed by atoms with van der Waals surface area (Å²) in [7, 11) is 0. The summed E-state index contributed by atoms with van der Waals surface area (Å²) in [4.78, 5) is 11.3. The molecule has 0 aliphatic heterocycles. The van der Waals surface area contributed by atoms with Crippen molar-refractivity contribution in [3.63, 3.8) is 0 Å². The second-order valence-electron chi connectivity index (χ2n) is 3.79. The lowest BCUT2D eigenvalue weighted by molar-refractivity contribution is 0.101. The molecule has 0 N–H and O–H groups in total. The van der Waals surface area contributed by atoms with Crippen molar-refractivity contribution in [2.45, 2.75) is 6.92 Å². The number of hydrogen-bond donors (Lipinski definition) is 0. The highest BCUT2D eigenvalue weighted by atomic mass is 16.1.